The van der Waals surface area contributed by atoms with Crippen molar-refractivity contribution in [2.45, 2.75) is 25.7 Å². The van der Waals surface area contributed by atoms with E-state index in [4.69, 9.17) is 9.52 Å². The minimum absolute atomic E-state index is 0.0277. The monoisotopic (exact) mass is 204 g/mol. The summed E-state index contributed by atoms with van der Waals surface area (Å²) < 4.78 is 29.8. The second kappa shape index (κ2) is 4.21. The molecule has 0 aromatic carbocycles. The van der Waals surface area contributed by atoms with Crippen molar-refractivity contribution < 1.29 is 23.1 Å². The van der Waals surface area contributed by atoms with Gasteiger partial charge in [0.15, 0.2) is 0 Å². The molecule has 0 saturated heterocycles. The van der Waals surface area contributed by atoms with Crippen LogP contribution >= 0.6 is 0 Å². The minimum Gasteiger partial charge on any atom is -0.481 e. The predicted octanol–water partition coefficient (Wildman–Crippen LogP) is 2.41. The van der Waals surface area contributed by atoms with Gasteiger partial charge in [0.05, 0.1) is 12.3 Å². The summed E-state index contributed by atoms with van der Waals surface area (Å²) in [6.07, 6.45) is -3.35. The molecule has 1 aromatic rings. The molecule has 0 spiro atoms. The van der Waals surface area contributed by atoms with E-state index in [0.29, 0.717) is 5.76 Å². The highest BCUT2D eigenvalue weighted by atomic mass is 19.3. The summed E-state index contributed by atoms with van der Waals surface area (Å²) >= 11 is 0. The number of aliphatic carboxylic acids is 1. The lowest BCUT2D eigenvalue weighted by atomic mass is 10.0. The summed E-state index contributed by atoms with van der Waals surface area (Å²) in [7, 11) is 0. The van der Waals surface area contributed by atoms with Crippen LogP contribution in [0.25, 0.3) is 0 Å². The first kappa shape index (κ1) is 10.7. The van der Waals surface area contributed by atoms with Gasteiger partial charge < -0.3 is 9.52 Å². The normalized spacial score (nSPS) is 13.1. The molecule has 5 heteroatoms. The Kier molecular flexibility index (Phi) is 3.22. The fourth-order valence-electron chi connectivity index (χ4n) is 1.15. The topological polar surface area (TPSA) is 50.4 Å². The third kappa shape index (κ3) is 2.55. The third-order valence-electron chi connectivity index (χ3n) is 1.83. The van der Waals surface area contributed by atoms with Gasteiger partial charge in [0.2, 0.25) is 6.43 Å². The number of carboxylic acids is 1. The van der Waals surface area contributed by atoms with Crippen LogP contribution in [0.4, 0.5) is 8.78 Å². The van der Waals surface area contributed by atoms with Gasteiger partial charge in [-0.2, -0.15) is 0 Å². The lowest BCUT2D eigenvalue weighted by Gasteiger charge is -2.10. The number of hydrogen-bond donors (Lipinski definition) is 1. The van der Waals surface area contributed by atoms with Crippen molar-refractivity contribution >= 4 is 5.97 Å². The van der Waals surface area contributed by atoms with Crippen LogP contribution < -0.4 is 0 Å². The molecule has 0 aliphatic carbocycles. The summed E-state index contributed by atoms with van der Waals surface area (Å²) in [5, 5.41) is 8.43. The lowest BCUT2D eigenvalue weighted by Crippen LogP contribution is -2.13. The molecule has 0 saturated carbocycles. The Balaban J connectivity index is 2.82. The quantitative estimate of drug-likeness (QED) is 0.819. The van der Waals surface area contributed by atoms with Gasteiger partial charge >= 0.3 is 5.97 Å². The summed E-state index contributed by atoms with van der Waals surface area (Å²) in [5.41, 5.74) is 0. The molecule has 0 bridgehead atoms. The van der Waals surface area contributed by atoms with E-state index in [0.717, 1.165) is 0 Å². The van der Waals surface area contributed by atoms with Crippen LogP contribution in [-0.4, -0.2) is 17.5 Å². The van der Waals surface area contributed by atoms with Gasteiger partial charge in [-0.15, -0.1) is 0 Å². The highest BCUT2D eigenvalue weighted by Gasteiger charge is 2.27. The molecular formula is C9H10F2O3. The number of carboxylic acid groups (broad SMARTS) is 1. The Morgan fingerprint density at radius 2 is 2.21 bits per heavy atom. The van der Waals surface area contributed by atoms with Crippen LogP contribution in [0, 0.1) is 6.92 Å². The highest BCUT2D eigenvalue weighted by Crippen LogP contribution is 2.28. The van der Waals surface area contributed by atoms with Crippen molar-refractivity contribution in [2.75, 3.05) is 0 Å². The number of halogens is 2. The van der Waals surface area contributed by atoms with Crippen molar-refractivity contribution in [1.29, 1.82) is 0 Å². The molecule has 1 atom stereocenters. The van der Waals surface area contributed by atoms with Crippen LogP contribution in [0.2, 0.25) is 0 Å². The molecule has 1 N–H and O–H groups in total. The van der Waals surface area contributed by atoms with Gasteiger partial charge in [-0.05, 0) is 19.1 Å². The molecule has 1 heterocycles. The Morgan fingerprint density at radius 3 is 2.57 bits per heavy atom. The van der Waals surface area contributed by atoms with Gasteiger partial charge in [-0.25, -0.2) is 8.78 Å². The molecule has 78 valence electrons. The largest absolute Gasteiger partial charge is 0.481 e. The highest BCUT2D eigenvalue weighted by molar-refractivity contribution is 5.67. The van der Waals surface area contributed by atoms with E-state index in [1.54, 1.807) is 6.92 Å². The van der Waals surface area contributed by atoms with Crippen LogP contribution in [0.15, 0.2) is 16.5 Å². The summed E-state index contributed by atoms with van der Waals surface area (Å²) in [6, 6.07) is 2.92. The van der Waals surface area contributed by atoms with Gasteiger partial charge in [0.1, 0.15) is 11.5 Å². The molecule has 3 nitrogen and oxygen atoms in total. The molecule has 14 heavy (non-hydrogen) atoms. The molecule has 0 fully saturated rings. The van der Waals surface area contributed by atoms with Gasteiger partial charge in [0.25, 0.3) is 0 Å². The number of carbonyl (C=O) groups is 1. The number of alkyl halides is 2. The Bertz CT molecular complexity index is 320. The molecule has 1 unspecified atom stereocenters. The second-order valence-corrected chi connectivity index (χ2v) is 2.99. The smallest absolute Gasteiger partial charge is 0.304 e. The lowest BCUT2D eigenvalue weighted by molar-refractivity contribution is -0.138. The number of hydrogen-bond acceptors (Lipinski definition) is 2. The number of furan rings is 1. The molecule has 1 aromatic heterocycles. The molecule has 0 aliphatic rings. The van der Waals surface area contributed by atoms with Crippen LogP contribution in [0.3, 0.4) is 0 Å². The van der Waals surface area contributed by atoms with Crippen LogP contribution in [0.5, 0.6) is 0 Å². The molecular weight excluding hydrogens is 194 g/mol. The van der Waals surface area contributed by atoms with E-state index in [2.05, 4.69) is 0 Å². The van der Waals surface area contributed by atoms with Crippen molar-refractivity contribution in [3.8, 4) is 0 Å². The van der Waals surface area contributed by atoms with E-state index in [-0.39, 0.29) is 5.76 Å². The first-order valence-electron chi connectivity index (χ1n) is 4.07. The van der Waals surface area contributed by atoms with Crippen molar-refractivity contribution in [3.05, 3.63) is 23.7 Å². The van der Waals surface area contributed by atoms with E-state index in [1.807, 2.05) is 0 Å². The molecule has 0 radical (unpaired) electrons. The third-order valence-corrected chi connectivity index (χ3v) is 1.83. The van der Waals surface area contributed by atoms with Crippen molar-refractivity contribution in [1.82, 2.24) is 0 Å². The van der Waals surface area contributed by atoms with Gasteiger partial charge in [0, 0.05) is 0 Å². The standard InChI is InChI=1S/C9H10F2O3/c1-5-2-3-7(14-5)6(9(10)11)4-8(12)13/h2-3,6,9H,4H2,1H3,(H,12,13). The van der Waals surface area contributed by atoms with Gasteiger partial charge in [-0.1, -0.05) is 0 Å². The Hall–Kier alpha value is -1.39. The van der Waals surface area contributed by atoms with Gasteiger partial charge in [-0.3, -0.25) is 4.79 Å². The summed E-state index contributed by atoms with van der Waals surface area (Å²) in [4.78, 5) is 10.3. The average Bonchev–Trinajstić information content (AvgIpc) is 2.46. The SMILES string of the molecule is Cc1ccc(C(CC(=O)O)C(F)F)o1. The fourth-order valence-corrected chi connectivity index (χ4v) is 1.15. The van der Waals surface area contributed by atoms with E-state index in [9.17, 15) is 13.6 Å². The maximum Gasteiger partial charge on any atom is 0.304 e. The molecule has 1 rings (SSSR count). The Labute approximate surface area is 79.3 Å². The fraction of sp³-hybridized carbons (Fsp3) is 0.444. The Morgan fingerprint density at radius 1 is 1.57 bits per heavy atom. The second-order valence-electron chi connectivity index (χ2n) is 2.99. The minimum atomic E-state index is -2.73. The zero-order chi connectivity index (χ0) is 10.7. The average molecular weight is 204 g/mol. The predicted molar refractivity (Wildman–Crippen MR) is 44.4 cm³/mol. The number of rotatable bonds is 4. The first-order chi connectivity index (χ1) is 6.50. The zero-order valence-electron chi connectivity index (χ0n) is 7.54. The first-order valence-corrected chi connectivity index (χ1v) is 4.07. The van der Waals surface area contributed by atoms with E-state index >= 15 is 0 Å². The molecule has 0 aliphatic heterocycles. The van der Waals surface area contributed by atoms with Crippen molar-refractivity contribution in [2.24, 2.45) is 0 Å². The van der Waals surface area contributed by atoms with E-state index in [1.165, 1.54) is 12.1 Å². The maximum atomic E-state index is 12.4. The van der Waals surface area contributed by atoms with E-state index < -0.39 is 24.7 Å². The summed E-state index contributed by atoms with van der Waals surface area (Å²) in [6.45, 7) is 1.62. The summed E-state index contributed by atoms with van der Waals surface area (Å²) in [5.74, 6) is -2.10. The van der Waals surface area contributed by atoms with Crippen LogP contribution in [-0.2, 0) is 4.79 Å². The maximum absolute atomic E-state index is 12.4. The zero-order valence-corrected chi connectivity index (χ0v) is 7.54. The van der Waals surface area contributed by atoms with Crippen LogP contribution in [0.1, 0.15) is 23.9 Å². The number of aryl methyl sites for hydroxylation is 1. The van der Waals surface area contributed by atoms with Crippen molar-refractivity contribution in [3.63, 3.8) is 0 Å². The molecule has 0 amide bonds.